The summed E-state index contributed by atoms with van der Waals surface area (Å²) in [6.07, 6.45) is 1.17. The van der Waals surface area contributed by atoms with Gasteiger partial charge in [-0.3, -0.25) is 29.4 Å². The number of carbonyl (C=O) groups excluding carboxylic acids is 4. The largest absolute Gasteiger partial charge is 0.477 e. The number of amides is 3. The van der Waals surface area contributed by atoms with Gasteiger partial charge >= 0.3 is 5.97 Å². The molecule has 0 aliphatic rings. The van der Waals surface area contributed by atoms with Gasteiger partial charge in [0.25, 0.3) is 23.3 Å². The second kappa shape index (κ2) is 14.5. The second-order valence-corrected chi connectivity index (χ2v) is 9.36. The van der Waals surface area contributed by atoms with Crippen molar-refractivity contribution in [3.63, 3.8) is 0 Å². The lowest BCUT2D eigenvalue weighted by atomic mass is 10.2. The summed E-state index contributed by atoms with van der Waals surface area (Å²) in [5.41, 5.74) is 6.81. The van der Waals surface area contributed by atoms with Crippen LogP contribution in [0.1, 0.15) is 30.2 Å². The Bertz CT molecular complexity index is 1690. The number of nitrogens with zero attached hydrogens (tertiary/aromatic N) is 2. The van der Waals surface area contributed by atoms with Gasteiger partial charge in [-0.05, 0) is 44.2 Å². The van der Waals surface area contributed by atoms with E-state index in [1.54, 1.807) is 0 Å². The average molecular weight is 660 g/mol. The Morgan fingerprint density at radius 1 is 1.02 bits per heavy atom. The van der Waals surface area contributed by atoms with Crippen molar-refractivity contribution in [3.8, 4) is 5.75 Å². The summed E-state index contributed by atoms with van der Waals surface area (Å²) in [7, 11) is 0. The van der Waals surface area contributed by atoms with E-state index in [0.717, 1.165) is 4.57 Å². The van der Waals surface area contributed by atoms with Gasteiger partial charge < -0.3 is 25.1 Å². The van der Waals surface area contributed by atoms with E-state index >= 15 is 0 Å². The number of nitrogens with one attached hydrogen (secondary N) is 2. The van der Waals surface area contributed by atoms with Gasteiger partial charge in [-0.15, -0.1) is 0 Å². The first-order valence-corrected chi connectivity index (χ1v) is 13.0. The highest BCUT2D eigenvalue weighted by Gasteiger charge is 2.30. The molecular formula is C27H23ClF5N5O7. The minimum absolute atomic E-state index is 0.0657. The topological polar surface area (TPSA) is 162 Å². The summed E-state index contributed by atoms with van der Waals surface area (Å²) in [5, 5.41) is 2.77. The third-order valence-electron chi connectivity index (χ3n) is 5.93. The van der Waals surface area contributed by atoms with E-state index in [-0.39, 0.29) is 28.6 Å². The number of ether oxygens (including phenoxy) is 2. The highest BCUT2D eigenvalue weighted by Crippen LogP contribution is 2.29. The maximum absolute atomic E-state index is 14.0. The standard InChI is InChI=1S/C27H23ClF5N5O7/c1-3-44-18(40)10-38(17(39)11-45-24-22(32)20(30)19(29)21(31)23(24)33)36-25(41)12(2)37-8-4-5-16(27(37)43)35-26(42)13-6-7-15(34)14(28)9-13/h4-9,12H,3,10-11,34H2,1-2H3,(H,35,42)(H,36,41)/t12-/m1/s1. The number of aromatic nitrogens is 1. The number of benzene rings is 2. The van der Waals surface area contributed by atoms with Crippen molar-refractivity contribution in [1.82, 2.24) is 15.0 Å². The van der Waals surface area contributed by atoms with E-state index in [9.17, 15) is 45.9 Å². The predicted molar refractivity (Wildman–Crippen MR) is 147 cm³/mol. The van der Waals surface area contributed by atoms with E-state index in [1.165, 1.54) is 50.4 Å². The zero-order valence-electron chi connectivity index (χ0n) is 23.3. The fraction of sp³-hybridized carbons (Fsp3) is 0.222. The van der Waals surface area contributed by atoms with Gasteiger partial charge in [0.1, 0.15) is 18.3 Å². The van der Waals surface area contributed by atoms with E-state index in [4.69, 9.17) is 22.1 Å². The summed E-state index contributed by atoms with van der Waals surface area (Å²) >= 11 is 5.93. The van der Waals surface area contributed by atoms with Crippen LogP contribution in [0.15, 0.2) is 41.3 Å². The molecule has 0 bridgehead atoms. The Morgan fingerprint density at radius 3 is 2.24 bits per heavy atom. The number of esters is 1. The van der Waals surface area contributed by atoms with Gasteiger partial charge in [-0.2, -0.15) is 8.78 Å². The predicted octanol–water partition coefficient (Wildman–Crippen LogP) is 3.09. The molecule has 0 radical (unpaired) electrons. The van der Waals surface area contributed by atoms with Crippen LogP contribution in [0.2, 0.25) is 5.02 Å². The lowest BCUT2D eigenvalue weighted by Gasteiger charge is -2.25. The average Bonchev–Trinajstić information content (AvgIpc) is 3.00. The van der Waals surface area contributed by atoms with Crippen LogP contribution in [0.3, 0.4) is 0 Å². The van der Waals surface area contributed by atoms with Crippen molar-refractivity contribution in [1.29, 1.82) is 0 Å². The van der Waals surface area contributed by atoms with E-state index < -0.39 is 83.3 Å². The molecule has 0 aliphatic heterocycles. The number of anilines is 2. The molecular weight excluding hydrogens is 637 g/mol. The van der Waals surface area contributed by atoms with Crippen LogP contribution in [0, 0.1) is 29.1 Å². The monoisotopic (exact) mass is 659 g/mol. The van der Waals surface area contributed by atoms with Gasteiger partial charge in [-0.1, -0.05) is 11.6 Å². The highest BCUT2D eigenvalue weighted by molar-refractivity contribution is 6.33. The van der Waals surface area contributed by atoms with E-state index in [1.807, 2.05) is 5.43 Å². The minimum atomic E-state index is -2.46. The van der Waals surface area contributed by atoms with Gasteiger partial charge in [0.05, 0.1) is 17.3 Å². The lowest BCUT2D eigenvalue weighted by molar-refractivity contribution is -0.154. The molecule has 1 heterocycles. The number of nitrogen functional groups attached to an aromatic ring is 1. The number of pyridine rings is 1. The number of carbonyl (C=O) groups is 4. The normalized spacial score (nSPS) is 11.4. The second-order valence-electron chi connectivity index (χ2n) is 8.95. The van der Waals surface area contributed by atoms with Crippen molar-refractivity contribution in [2.24, 2.45) is 0 Å². The number of hydrogen-bond acceptors (Lipinski definition) is 8. The number of hydrogen-bond donors (Lipinski definition) is 3. The summed E-state index contributed by atoms with van der Waals surface area (Å²) in [6, 6.07) is 5.15. The smallest absolute Gasteiger partial charge is 0.327 e. The summed E-state index contributed by atoms with van der Waals surface area (Å²) in [4.78, 5) is 63.6. The summed E-state index contributed by atoms with van der Waals surface area (Å²) in [6.45, 7) is 0.0873. The minimum Gasteiger partial charge on any atom is -0.477 e. The zero-order valence-corrected chi connectivity index (χ0v) is 24.0. The van der Waals surface area contributed by atoms with Crippen molar-refractivity contribution < 1.29 is 50.6 Å². The maximum atomic E-state index is 14.0. The summed E-state index contributed by atoms with van der Waals surface area (Å²) in [5.74, 6) is -17.9. The fourth-order valence-electron chi connectivity index (χ4n) is 3.57. The quantitative estimate of drug-likeness (QED) is 0.0747. The molecule has 18 heteroatoms. The Kier molecular flexibility index (Phi) is 11.1. The highest BCUT2D eigenvalue weighted by atomic mass is 35.5. The molecule has 240 valence electrons. The first kappa shape index (κ1) is 34.3. The molecule has 1 aromatic heterocycles. The van der Waals surface area contributed by atoms with Crippen LogP contribution in [0.5, 0.6) is 5.75 Å². The molecule has 0 spiro atoms. The molecule has 0 saturated carbocycles. The van der Waals surface area contributed by atoms with Crippen molar-refractivity contribution in [2.75, 3.05) is 30.8 Å². The van der Waals surface area contributed by atoms with Crippen LogP contribution in [0.4, 0.5) is 33.3 Å². The molecule has 3 rings (SSSR count). The molecule has 4 N–H and O–H groups in total. The first-order chi connectivity index (χ1) is 21.2. The third kappa shape index (κ3) is 7.86. The van der Waals surface area contributed by atoms with E-state index in [0.29, 0.717) is 5.01 Å². The lowest BCUT2D eigenvalue weighted by Crippen LogP contribution is -2.52. The van der Waals surface area contributed by atoms with Gasteiger partial charge in [0.15, 0.2) is 12.4 Å². The molecule has 45 heavy (non-hydrogen) atoms. The molecule has 3 aromatic rings. The summed E-state index contributed by atoms with van der Waals surface area (Å²) < 4.78 is 78.3. The van der Waals surface area contributed by atoms with Gasteiger partial charge in [0.2, 0.25) is 29.1 Å². The van der Waals surface area contributed by atoms with Gasteiger partial charge in [-0.25, -0.2) is 18.2 Å². The first-order valence-electron chi connectivity index (χ1n) is 12.7. The van der Waals surface area contributed by atoms with Crippen LogP contribution in [-0.4, -0.2) is 53.0 Å². The Hall–Kier alpha value is -5.19. The number of hydrazine groups is 1. The van der Waals surface area contributed by atoms with Gasteiger partial charge in [0, 0.05) is 11.8 Å². The molecule has 0 aliphatic carbocycles. The maximum Gasteiger partial charge on any atom is 0.327 e. The van der Waals surface area contributed by atoms with E-state index in [2.05, 4.69) is 10.1 Å². The Morgan fingerprint density at radius 2 is 1.64 bits per heavy atom. The van der Waals surface area contributed by atoms with Crippen molar-refractivity contribution in [2.45, 2.75) is 19.9 Å². The molecule has 2 aromatic carbocycles. The molecule has 0 fully saturated rings. The third-order valence-corrected chi connectivity index (χ3v) is 6.26. The Labute approximate surface area is 255 Å². The number of halogens is 6. The molecule has 12 nitrogen and oxygen atoms in total. The number of rotatable bonds is 10. The fourth-order valence-corrected chi connectivity index (χ4v) is 3.76. The SMILES string of the molecule is CCOC(=O)CN(NC(=O)[C@@H](C)n1cccc(NC(=O)c2ccc(N)c(Cl)c2)c1=O)C(=O)COc1c(F)c(F)c(F)c(F)c1F. The van der Waals surface area contributed by atoms with Crippen LogP contribution >= 0.6 is 11.6 Å². The molecule has 1 atom stereocenters. The van der Waals surface area contributed by atoms with Crippen LogP contribution in [-0.2, 0) is 19.1 Å². The van der Waals surface area contributed by atoms with Crippen molar-refractivity contribution in [3.05, 3.63) is 86.6 Å². The molecule has 3 amide bonds. The van der Waals surface area contributed by atoms with Crippen LogP contribution < -0.4 is 26.8 Å². The van der Waals surface area contributed by atoms with Crippen LogP contribution in [0.25, 0.3) is 0 Å². The molecule has 0 saturated heterocycles. The van der Waals surface area contributed by atoms with Crippen molar-refractivity contribution >= 4 is 46.7 Å². The Balaban J connectivity index is 1.80. The molecule has 0 unspecified atom stereocenters. The zero-order chi connectivity index (χ0) is 33.6. The number of nitrogens with two attached hydrogens (primary N) is 1.